The molecule has 0 fully saturated rings. The van der Waals surface area contributed by atoms with E-state index in [0.29, 0.717) is 0 Å². The minimum atomic E-state index is -7.37. The van der Waals surface area contributed by atoms with E-state index in [9.17, 15) is 74.0 Å². The van der Waals surface area contributed by atoms with Crippen LogP contribution in [0.2, 0.25) is 0 Å². The molecular formula is C5HF13O6S2. The number of hydrogen-bond acceptors (Lipinski definition) is 5. The van der Waals surface area contributed by atoms with Crippen molar-refractivity contribution < 1.29 is 83.0 Å². The topological polar surface area (TPSA) is 97.7 Å². The largest absolute Gasteiger partial charge is 0.525 e. The fraction of sp³-hybridized carbons (Fsp3) is 1.00. The number of halogens is 13. The molecule has 6 nitrogen and oxygen atoms in total. The molecule has 26 heavy (non-hydrogen) atoms. The van der Waals surface area contributed by atoms with Crippen LogP contribution in [0.4, 0.5) is 57.2 Å². The molecule has 0 aliphatic rings. The molecule has 0 rings (SSSR count). The van der Waals surface area contributed by atoms with Gasteiger partial charge < -0.3 is 0 Å². The fourth-order valence-corrected chi connectivity index (χ4v) is 1.08. The third-order valence-electron chi connectivity index (χ3n) is 1.81. The summed E-state index contributed by atoms with van der Waals surface area (Å²) in [5, 5.41) is -7.00. The van der Waals surface area contributed by atoms with Gasteiger partial charge in [-0.25, -0.2) is 0 Å². The van der Waals surface area contributed by atoms with Crippen LogP contribution in [0.25, 0.3) is 0 Å². The lowest BCUT2D eigenvalue weighted by atomic mass is 10.1. The molecule has 0 radical (unpaired) electrons. The van der Waals surface area contributed by atoms with Crippen molar-refractivity contribution >= 4 is 20.2 Å². The molecular weight excluding hydrogens is 467 g/mol. The van der Waals surface area contributed by atoms with Crippen LogP contribution in [0.3, 0.4) is 0 Å². The zero-order valence-electron chi connectivity index (χ0n) is 10.7. The van der Waals surface area contributed by atoms with Gasteiger partial charge in [-0.2, -0.15) is 69.5 Å². The predicted octanol–water partition coefficient (Wildman–Crippen LogP) is 3.04. The summed E-state index contributed by atoms with van der Waals surface area (Å²) in [6.07, 6.45) is -7.13. The van der Waals surface area contributed by atoms with E-state index in [-0.39, 0.29) is 0 Å². The van der Waals surface area contributed by atoms with Crippen LogP contribution in [0.15, 0.2) is 0 Å². The van der Waals surface area contributed by atoms with Gasteiger partial charge in [-0.1, -0.05) is 4.39 Å². The lowest BCUT2D eigenvalue weighted by molar-refractivity contribution is -0.382. The third kappa shape index (κ3) is 5.00. The van der Waals surface area contributed by atoms with Crippen molar-refractivity contribution in [3.63, 3.8) is 0 Å². The summed E-state index contributed by atoms with van der Waals surface area (Å²) < 4.78 is 197. The molecule has 0 aliphatic heterocycles. The van der Waals surface area contributed by atoms with Gasteiger partial charge in [0.2, 0.25) is 0 Å². The van der Waals surface area contributed by atoms with Gasteiger partial charge in [0.05, 0.1) is 0 Å². The van der Waals surface area contributed by atoms with E-state index in [4.69, 9.17) is 4.55 Å². The Morgan fingerprint density at radius 1 is 0.654 bits per heavy atom. The molecule has 0 aromatic carbocycles. The lowest BCUT2D eigenvalue weighted by Gasteiger charge is -2.31. The first kappa shape index (κ1) is 27.1. The zero-order chi connectivity index (χ0) is 22.2. The van der Waals surface area contributed by atoms with E-state index in [1.54, 1.807) is 4.39 Å². The smallest absolute Gasteiger partial charge is 0.281 e. The van der Waals surface area contributed by atoms with E-state index in [1.165, 1.54) is 0 Å². The van der Waals surface area contributed by atoms with Crippen LogP contribution in [0.1, 0.15) is 0 Å². The first-order valence-electron chi connectivity index (χ1n) is 4.60. The Kier molecular flexibility index (Phi) is 7.46. The van der Waals surface area contributed by atoms with Crippen molar-refractivity contribution in [3.8, 4) is 0 Å². The maximum atomic E-state index is 12.2. The summed E-state index contributed by atoms with van der Waals surface area (Å²) in [5.74, 6) is -14.7. The zero-order valence-corrected chi connectivity index (χ0v) is 12.4. The van der Waals surface area contributed by atoms with Crippen LogP contribution < -0.4 is 0 Å². The summed E-state index contributed by atoms with van der Waals surface area (Å²) in [6.45, 7) is 0. The van der Waals surface area contributed by atoms with Gasteiger partial charge in [0, 0.05) is 0 Å². The molecule has 0 aromatic rings. The van der Waals surface area contributed by atoms with Gasteiger partial charge in [0.25, 0.3) is 0 Å². The molecule has 0 saturated carbocycles. The third-order valence-corrected chi connectivity index (χ3v) is 3.44. The van der Waals surface area contributed by atoms with E-state index in [1.807, 2.05) is 0 Å². The van der Waals surface area contributed by atoms with Crippen LogP contribution in [-0.4, -0.2) is 50.2 Å². The van der Waals surface area contributed by atoms with Gasteiger partial charge in [0.1, 0.15) is 0 Å². The van der Waals surface area contributed by atoms with E-state index in [0.717, 1.165) is 0 Å². The second-order valence-electron chi connectivity index (χ2n) is 3.60. The van der Waals surface area contributed by atoms with Crippen LogP contribution in [0.5, 0.6) is 0 Å². The van der Waals surface area contributed by atoms with Gasteiger partial charge in [-0.3, -0.25) is 4.55 Å². The van der Waals surface area contributed by atoms with Crippen LogP contribution in [-0.2, 0) is 24.6 Å². The maximum Gasteiger partial charge on any atom is 0.525 e. The molecule has 0 spiro atoms. The van der Waals surface area contributed by atoms with Crippen molar-refractivity contribution in [2.75, 3.05) is 0 Å². The minimum absolute atomic E-state index is 1.65. The summed E-state index contributed by atoms with van der Waals surface area (Å²) in [6, 6.07) is 0. The molecule has 0 aromatic heterocycles. The summed E-state index contributed by atoms with van der Waals surface area (Å²) in [5.41, 5.74) is -5.68. The summed E-state index contributed by atoms with van der Waals surface area (Å²) in [4.78, 5) is 0. The molecule has 0 saturated heterocycles. The highest BCUT2D eigenvalue weighted by molar-refractivity contribution is 7.87. The Hall–Kier alpha value is -1.09. The number of alkyl halides is 12. The van der Waals surface area contributed by atoms with Crippen molar-refractivity contribution in [2.45, 2.75) is 28.8 Å². The number of hydrogen-bond donors (Lipinski definition) is 1. The standard InChI is InChI=1S/C4HF9O3S.CF4O3S/c5-1(6,3(9,10)11)2(7,8)4(12,13)17(14,15)16;2-1(3,4)9(6,7)8-5/h(H,14,15,16);. The monoisotopic (exact) mass is 468 g/mol. The minimum Gasteiger partial charge on any atom is -0.281 e. The van der Waals surface area contributed by atoms with Crippen LogP contribution >= 0.6 is 0 Å². The lowest BCUT2D eigenvalue weighted by Crippen LogP contribution is -2.63. The molecule has 160 valence electrons. The summed E-state index contributed by atoms with van der Waals surface area (Å²) in [7, 11) is -13.2. The SMILES string of the molecule is O=S(=O)(O)C(F)(F)C(F)(F)C(F)(F)C(F)(F)F.O=S(=O)(OF)C(F)(F)F. The van der Waals surface area contributed by atoms with Crippen molar-refractivity contribution in [2.24, 2.45) is 0 Å². The molecule has 21 heteroatoms. The van der Waals surface area contributed by atoms with Gasteiger partial charge in [-0.15, -0.1) is 0 Å². The van der Waals surface area contributed by atoms with Crippen molar-refractivity contribution in [3.05, 3.63) is 0 Å². The fourth-order valence-electron chi connectivity index (χ4n) is 0.558. The highest BCUT2D eigenvalue weighted by atomic mass is 32.2. The predicted molar refractivity (Wildman–Crippen MR) is 49.6 cm³/mol. The van der Waals surface area contributed by atoms with Crippen molar-refractivity contribution in [1.29, 1.82) is 0 Å². The molecule has 0 unspecified atom stereocenters. The number of rotatable bonds is 4. The second-order valence-corrected chi connectivity index (χ2v) is 6.56. The Bertz CT molecular complexity index is 686. The molecule has 0 aliphatic carbocycles. The normalized spacial score (nSPS) is 15.3. The molecule has 0 amide bonds. The van der Waals surface area contributed by atoms with Gasteiger partial charge in [-0.05, 0) is 4.53 Å². The van der Waals surface area contributed by atoms with Gasteiger partial charge >= 0.3 is 49.0 Å². The highest BCUT2D eigenvalue weighted by Crippen LogP contribution is 2.54. The van der Waals surface area contributed by atoms with E-state index in [2.05, 4.69) is 0 Å². The molecule has 0 heterocycles. The average Bonchev–Trinajstić information content (AvgIpc) is 2.34. The maximum absolute atomic E-state index is 12.2. The first-order valence-corrected chi connectivity index (χ1v) is 7.44. The second kappa shape index (κ2) is 7.14. The molecule has 0 bridgehead atoms. The quantitative estimate of drug-likeness (QED) is 0.387. The van der Waals surface area contributed by atoms with E-state index < -0.39 is 49.0 Å². The Labute approximate surface area is 133 Å². The molecule has 1 N–H and O–H groups in total. The summed E-state index contributed by atoms with van der Waals surface area (Å²) >= 11 is 0. The van der Waals surface area contributed by atoms with Crippen LogP contribution in [0, 0.1) is 0 Å². The Balaban J connectivity index is 0. The van der Waals surface area contributed by atoms with E-state index >= 15 is 0 Å². The Morgan fingerprint density at radius 3 is 1.08 bits per heavy atom. The van der Waals surface area contributed by atoms with Crippen molar-refractivity contribution in [1.82, 2.24) is 0 Å². The first-order chi connectivity index (χ1) is 10.8. The average molecular weight is 468 g/mol. The van der Waals surface area contributed by atoms with Gasteiger partial charge in [0.15, 0.2) is 0 Å². The Morgan fingerprint density at radius 2 is 0.962 bits per heavy atom. The molecule has 0 atom stereocenters. The highest BCUT2D eigenvalue weighted by Gasteiger charge is 2.85.